The van der Waals surface area contributed by atoms with Gasteiger partial charge in [0.05, 0.1) is 0 Å². The van der Waals surface area contributed by atoms with Gasteiger partial charge in [-0.2, -0.15) is 0 Å². The van der Waals surface area contributed by atoms with E-state index in [-0.39, 0.29) is 0 Å². The van der Waals surface area contributed by atoms with Crippen molar-refractivity contribution in [2.24, 2.45) is 0 Å². The van der Waals surface area contributed by atoms with Crippen LogP contribution in [-0.4, -0.2) is 0 Å². The van der Waals surface area contributed by atoms with E-state index in [0.29, 0.717) is 0 Å². The van der Waals surface area contributed by atoms with Crippen molar-refractivity contribution in [3.8, 4) is 0 Å². The Kier molecular flexibility index (Phi) is 3.39. The van der Waals surface area contributed by atoms with Gasteiger partial charge < -0.3 is 5.73 Å². The molecule has 0 fully saturated rings. The lowest BCUT2D eigenvalue weighted by atomic mass is 10.1. The normalized spacial score (nSPS) is 10.8. The second-order valence-corrected chi connectivity index (χ2v) is 2.69. The standard InChI is InChI=1S/C11H14N/c1-2-3-4-7-10-8-5-6-9-11(10)12/h3-6,9H,2,7,12H2,1H3. The molecule has 0 atom stereocenters. The van der Waals surface area contributed by atoms with E-state index in [0.717, 1.165) is 24.1 Å². The summed E-state index contributed by atoms with van der Waals surface area (Å²) in [6.45, 7) is 2.12. The molecule has 1 aromatic rings. The number of anilines is 1. The van der Waals surface area contributed by atoms with Crippen LogP contribution in [0.1, 0.15) is 18.9 Å². The SMILES string of the molecule is CCC=CCc1[c]cccc1N. The van der Waals surface area contributed by atoms with Crippen LogP contribution >= 0.6 is 0 Å². The summed E-state index contributed by atoms with van der Waals surface area (Å²) in [7, 11) is 0. The molecule has 0 saturated carbocycles. The molecule has 0 heterocycles. The summed E-state index contributed by atoms with van der Waals surface area (Å²) < 4.78 is 0. The van der Waals surface area contributed by atoms with Crippen LogP contribution in [-0.2, 0) is 6.42 Å². The van der Waals surface area contributed by atoms with Gasteiger partial charge in [-0.05, 0) is 30.5 Å². The number of nitrogen functional groups attached to an aromatic ring is 1. The number of hydrogen-bond acceptors (Lipinski definition) is 1. The molecule has 0 bridgehead atoms. The fourth-order valence-corrected chi connectivity index (χ4v) is 1.03. The Morgan fingerprint density at radius 3 is 3.00 bits per heavy atom. The molecular weight excluding hydrogens is 146 g/mol. The van der Waals surface area contributed by atoms with Crippen LogP contribution in [0.4, 0.5) is 5.69 Å². The molecule has 2 N–H and O–H groups in total. The first-order chi connectivity index (χ1) is 5.84. The maximum atomic E-state index is 5.74. The molecule has 0 aliphatic heterocycles. The summed E-state index contributed by atoms with van der Waals surface area (Å²) in [4.78, 5) is 0. The lowest BCUT2D eigenvalue weighted by Gasteiger charge is -1.99. The molecule has 0 aliphatic carbocycles. The predicted molar refractivity (Wildman–Crippen MR) is 52.8 cm³/mol. The van der Waals surface area contributed by atoms with Crippen molar-refractivity contribution in [1.82, 2.24) is 0 Å². The predicted octanol–water partition coefficient (Wildman–Crippen LogP) is 2.58. The quantitative estimate of drug-likeness (QED) is 0.533. The average molecular weight is 160 g/mol. The molecule has 0 amide bonds. The minimum Gasteiger partial charge on any atom is -0.398 e. The van der Waals surface area contributed by atoms with Gasteiger partial charge in [0.25, 0.3) is 0 Å². The van der Waals surface area contributed by atoms with Crippen LogP contribution in [0, 0.1) is 6.07 Å². The summed E-state index contributed by atoms with van der Waals surface area (Å²) >= 11 is 0. The van der Waals surface area contributed by atoms with Gasteiger partial charge in [-0.3, -0.25) is 0 Å². The van der Waals surface area contributed by atoms with Gasteiger partial charge in [-0.1, -0.05) is 31.2 Å². The van der Waals surface area contributed by atoms with Crippen molar-refractivity contribution in [3.05, 3.63) is 42.0 Å². The molecule has 0 unspecified atom stereocenters. The zero-order valence-electron chi connectivity index (χ0n) is 7.38. The monoisotopic (exact) mass is 160 g/mol. The van der Waals surface area contributed by atoms with Gasteiger partial charge in [-0.25, -0.2) is 0 Å². The Morgan fingerprint density at radius 2 is 2.33 bits per heavy atom. The molecule has 1 radical (unpaired) electrons. The van der Waals surface area contributed by atoms with E-state index in [1.165, 1.54) is 0 Å². The number of allylic oxidation sites excluding steroid dienone is 2. The lowest BCUT2D eigenvalue weighted by molar-refractivity contribution is 1.18. The number of nitrogens with two attached hydrogens (primary N) is 1. The first-order valence-electron chi connectivity index (χ1n) is 4.24. The zero-order valence-corrected chi connectivity index (χ0v) is 7.38. The largest absolute Gasteiger partial charge is 0.398 e. The Labute approximate surface area is 73.9 Å². The number of benzene rings is 1. The van der Waals surface area contributed by atoms with E-state index in [1.54, 1.807) is 0 Å². The van der Waals surface area contributed by atoms with Crippen molar-refractivity contribution < 1.29 is 0 Å². The van der Waals surface area contributed by atoms with E-state index < -0.39 is 0 Å². The summed E-state index contributed by atoms with van der Waals surface area (Å²) in [5.74, 6) is 0. The van der Waals surface area contributed by atoms with Crippen molar-refractivity contribution in [1.29, 1.82) is 0 Å². The van der Waals surface area contributed by atoms with Crippen molar-refractivity contribution in [2.45, 2.75) is 19.8 Å². The second-order valence-electron chi connectivity index (χ2n) is 2.69. The van der Waals surface area contributed by atoms with Crippen LogP contribution in [0.5, 0.6) is 0 Å². The lowest BCUT2D eigenvalue weighted by Crippen LogP contribution is -1.91. The van der Waals surface area contributed by atoms with E-state index in [4.69, 9.17) is 5.73 Å². The minimum absolute atomic E-state index is 0.832. The van der Waals surface area contributed by atoms with Gasteiger partial charge >= 0.3 is 0 Å². The highest BCUT2D eigenvalue weighted by atomic mass is 14.5. The topological polar surface area (TPSA) is 26.0 Å². The first kappa shape index (κ1) is 8.85. The molecule has 63 valence electrons. The molecule has 0 aromatic heterocycles. The van der Waals surface area contributed by atoms with Crippen LogP contribution < -0.4 is 5.73 Å². The van der Waals surface area contributed by atoms with Crippen molar-refractivity contribution >= 4 is 5.69 Å². The van der Waals surface area contributed by atoms with Gasteiger partial charge in [0.1, 0.15) is 0 Å². The van der Waals surface area contributed by atoms with Crippen molar-refractivity contribution in [2.75, 3.05) is 5.73 Å². The summed E-state index contributed by atoms with van der Waals surface area (Å²) in [6.07, 6.45) is 6.23. The van der Waals surface area contributed by atoms with Gasteiger partial charge in [0.2, 0.25) is 0 Å². The maximum absolute atomic E-state index is 5.74. The van der Waals surface area contributed by atoms with E-state index in [1.807, 2.05) is 18.2 Å². The first-order valence-corrected chi connectivity index (χ1v) is 4.24. The van der Waals surface area contributed by atoms with Gasteiger partial charge in [0, 0.05) is 5.69 Å². The minimum atomic E-state index is 0.832. The highest BCUT2D eigenvalue weighted by molar-refractivity contribution is 5.46. The Bertz CT molecular complexity index is 263. The maximum Gasteiger partial charge on any atom is 0.0355 e. The third-order valence-corrected chi connectivity index (χ3v) is 1.70. The fourth-order valence-electron chi connectivity index (χ4n) is 1.03. The highest BCUT2D eigenvalue weighted by Crippen LogP contribution is 2.10. The Morgan fingerprint density at radius 1 is 1.50 bits per heavy atom. The van der Waals surface area contributed by atoms with Gasteiger partial charge in [0.15, 0.2) is 0 Å². The molecule has 0 aliphatic rings. The van der Waals surface area contributed by atoms with Crippen LogP contribution in [0.25, 0.3) is 0 Å². The molecular formula is C11H14N. The molecule has 0 spiro atoms. The Balaban J connectivity index is 2.63. The molecule has 12 heavy (non-hydrogen) atoms. The van der Waals surface area contributed by atoms with Crippen LogP contribution in [0.2, 0.25) is 0 Å². The third-order valence-electron chi connectivity index (χ3n) is 1.70. The van der Waals surface area contributed by atoms with Crippen LogP contribution in [0.15, 0.2) is 30.4 Å². The molecule has 1 nitrogen and oxygen atoms in total. The Hall–Kier alpha value is -1.24. The smallest absolute Gasteiger partial charge is 0.0355 e. The summed E-state index contributed by atoms with van der Waals surface area (Å²) in [5.41, 5.74) is 7.65. The van der Waals surface area contributed by atoms with E-state index in [9.17, 15) is 0 Å². The zero-order chi connectivity index (χ0) is 8.81. The molecule has 1 aromatic carbocycles. The van der Waals surface area contributed by atoms with E-state index >= 15 is 0 Å². The fraction of sp³-hybridized carbons (Fsp3) is 0.273. The van der Waals surface area contributed by atoms with Crippen LogP contribution in [0.3, 0.4) is 0 Å². The van der Waals surface area contributed by atoms with Gasteiger partial charge in [-0.15, -0.1) is 0 Å². The molecule has 1 heteroatoms. The van der Waals surface area contributed by atoms with E-state index in [2.05, 4.69) is 25.1 Å². The third kappa shape index (κ3) is 2.42. The second kappa shape index (κ2) is 4.60. The number of rotatable bonds is 3. The molecule has 0 saturated heterocycles. The number of hydrogen-bond donors (Lipinski definition) is 1. The molecule has 1 rings (SSSR count). The summed E-state index contributed by atoms with van der Waals surface area (Å²) in [5, 5.41) is 0. The highest BCUT2D eigenvalue weighted by Gasteiger charge is 1.93. The van der Waals surface area contributed by atoms with Crippen molar-refractivity contribution in [3.63, 3.8) is 0 Å². The summed E-state index contributed by atoms with van der Waals surface area (Å²) in [6, 6.07) is 8.83. The average Bonchev–Trinajstić information content (AvgIpc) is 2.09.